The normalized spacial score (nSPS) is 14.8. The number of nitrogens with zero attached hydrogens (tertiary/aromatic N) is 2. The van der Waals surface area contributed by atoms with E-state index in [4.69, 9.17) is 0 Å². The molecule has 9 heteroatoms. The number of carbonyl (C=O) groups excluding carboxylic acids is 2. The van der Waals surface area contributed by atoms with E-state index < -0.39 is 10.0 Å². The predicted octanol–water partition coefficient (Wildman–Crippen LogP) is 2.78. The zero-order valence-electron chi connectivity index (χ0n) is 18.1. The van der Waals surface area contributed by atoms with Gasteiger partial charge in [-0.05, 0) is 48.4 Å². The van der Waals surface area contributed by atoms with Gasteiger partial charge in [0.15, 0.2) is 0 Å². The molecular weight excluding hydrogens is 433 g/mol. The van der Waals surface area contributed by atoms with Crippen LogP contribution >= 0.6 is 0 Å². The van der Waals surface area contributed by atoms with Gasteiger partial charge in [-0.2, -0.15) is 4.31 Å². The standard InChI is InChI=1S/C23H28FN3O4S/c1-2-3-4-14-26(16-18-5-9-20(24)10-6-18)23(29)19-7-11-21(12-8-19)32(30,31)27-15-13-25-22(28)17-27/h5-12H,2-4,13-17H2,1H3,(H,25,28). The summed E-state index contributed by atoms with van der Waals surface area (Å²) in [6.45, 7) is 3.23. The van der Waals surface area contributed by atoms with Gasteiger partial charge in [0.2, 0.25) is 15.9 Å². The second kappa shape index (κ2) is 10.7. The van der Waals surface area contributed by atoms with Gasteiger partial charge in [-0.1, -0.05) is 31.9 Å². The van der Waals surface area contributed by atoms with Crippen molar-refractivity contribution in [1.29, 1.82) is 0 Å². The first-order chi connectivity index (χ1) is 15.3. The molecule has 1 N–H and O–H groups in total. The number of rotatable bonds is 9. The van der Waals surface area contributed by atoms with E-state index in [2.05, 4.69) is 12.2 Å². The Morgan fingerprint density at radius 3 is 2.41 bits per heavy atom. The van der Waals surface area contributed by atoms with Crippen molar-refractivity contribution in [3.8, 4) is 0 Å². The highest BCUT2D eigenvalue weighted by Crippen LogP contribution is 2.19. The van der Waals surface area contributed by atoms with Gasteiger partial charge in [0.05, 0.1) is 11.4 Å². The Morgan fingerprint density at radius 1 is 1.09 bits per heavy atom. The quantitative estimate of drug-likeness (QED) is 0.582. The van der Waals surface area contributed by atoms with Crippen LogP contribution < -0.4 is 5.32 Å². The Bertz CT molecular complexity index is 1040. The summed E-state index contributed by atoms with van der Waals surface area (Å²) in [5, 5.41) is 2.60. The van der Waals surface area contributed by atoms with Gasteiger partial charge in [-0.25, -0.2) is 12.8 Å². The van der Waals surface area contributed by atoms with Crippen molar-refractivity contribution in [2.75, 3.05) is 26.2 Å². The van der Waals surface area contributed by atoms with Crippen LogP contribution in [-0.2, 0) is 21.4 Å². The largest absolute Gasteiger partial charge is 0.354 e. The Morgan fingerprint density at radius 2 is 1.78 bits per heavy atom. The molecule has 2 aromatic carbocycles. The van der Waals surface area contributed by atoms with E-state index >= 15 is 0 Å². The highest BCUT2D eigenvalue weighted by molar-refractivity contribution is 7.89. The van der Waals surface area contributed by atoms with E-state index in [9.17, 15) is 22.4 Å². The SMILES string of the molecule is CCCCCN(Cc1ccc(F)cc1)C(=O)c1ccc(S(=O)(=O)N2CCNC(=O)C2)cc1. The van der Waals surface area contributed by atoms with Gasteiger partial charge in [0, 0.05) is 31.7 Å². The summed E-state index contributed by atoms with van der Waals surface area (Å²) >= 11 is 0. The van der Waals surface area contributed by atoms with Gasteiger partial charge in [-0.3, -0.25) is 9.59 Å². The number of nitrogens with one attached hydrogen (secondary N) is 1. The van der Waals surface area contributed by atoms with Gasteiger partial charge in [0.25, 0.3) is 5.91 Å². The third-order valence-corrected chi connectivity index (χ3v) is 7.21. The Labute approximate surface area is 188 Å². The fourth-order valence-corrected chi connectivity index (χ4v) is 4.93. The van der Waals surface area contributed by atoms with Crippen molar-refractivity contribution in [2.45, 2.75) is 37.6 Å². The van der Waals surface area contributed by atoms with Crippen LogP contribution in [-0.4, -0.2) is 55.6 Å². The number of hydrogen-bond donors (Lipinski definition) is 1. The third-order valence-electron chi connectivity index (χ3n) is 5.35. The highest BCUT2D eigenvalue weighted by Gasteiger charge is 2.29. The van der Waals surface area contributed by atoms with Crippen molar-refractivity contribution in [1.82, 2.24) is 14.5 Å². The second-order valence-corrected chi connectivity index (χ2v) is 9.71. The molecule has 0 unspecified atom stereocenters. The van der Waals surface area contributed by atoms with Crippen LogP contribution in [0.15, 0.2) is 53.4 Å². The monoisotopic (exact) mass is 461 g/mol. The average Bonchev–Trinajstić information content (AvgIpc) is 2.79. The van der Waals surface area contributed by atoms with E-state index in [0.717, 1.165) is 29.1 Å². The van der Waals surface area contributed by atoms with Gasteiger partial charge >= 0.3 is 0 Å². The first-order valence-electron chi connectivity index (χ1n) is 10.7. The van der Waals surface area contributed by atoms with E-state index in [1.807, 2.05) is 0 Å². The lowest BCUT2D eigenvalue weighted by Gasteiger charge is -2.26. The molecule has 0 atom stereocenters. The fraction of sp³-hybridized carbons (Fsp3) is 0.391. The molecule has 32 heavy (non-hydrogen) atoms. The molecule has 0 spiro atoms. The van der Waals surface area contributed by atoms with Crippen molar-refractivity contribution >= 4 is 21.8 Å². The maximum absolute atomic E-state index is 13.2. The molecule has 1 saturated heterocycles. The summed E-state index contributed by atoms with van der Waals surface area (Å²) < 4.78 is 40.0. The van der Waals surface area contributed by atoms with Crippen molar-refractivity contribution in [2.24, 2.45) is 0 Å². The number of amides is 2. The van der Waals surface area contributed by atoms with Crippen molar-refractivity contribution < 1.29 is 22.4 Å². The first kappa shape index (κ1) is 23.9. The second-order valence-electron chi connectivity index (χ2n) is 7.77. The summed E-state index contributed by atoms with van der Waals surface area (Å²) in [6, 6.07) is 11.8. The molecule has 1 heterocycles. The Kier molecular flexibility index (Phi) is 7.98. The number of sulfonamides is 1. The fourth-order valence-electron chi connectivity index (χ4n) is 3.54. The topological polar surface area (TPSA) is 86.8 Å². The van der Waals surface area contributed by atoms with Crippen LogP contribution in [0.2, 0.25) is 0 Å². The van der Waals surface area contributed by atoms with E-state index in [-0.39, 0.29) is 42.2 Å². The summed E-state index contributed by atoms with van der Waals surface area (Å²) in [5.74, 6) is -0.887. The number of unbranched alkanes of at least 4 members (excludes halogenated alkanes) is 2. The average molecular weight is 462 g/mol. The lowest BCUT2D eigenvalue weighted by Crippen LogP contribution is -2.49. The van der Waals surface area contributed by atoms with Crippen LogP contribution in [0.5, 0.6) is 0 Å². The molecule has 1 aliphatic rings. The molecule has 0 saturated carbocycles. The molecule has 2 amide bonds. The maximum Gasteiger partial charge on any atom is 0.254 e. The predicted molar refractivity (Wildman–Crippen MR) is 119 cm³/mol. The molecule has 1 aliphatic heterocycles. The minimum absolute atomic E-state index is 0.0415. The van der Waals surface area contributed by atoms with E-state index in [1.54, 1.807) is 17.0 Å². The molecule has 0 bridgehead atoms. The van der Waals surface area contributed by atoms with Crippen LogP contribution in [0.1, 0.15) is 42.1 Å². The summed E-state index contributed by atoms with van der Waals surface area (Å²) in [4.78, 5) is 26.5. The molecule has 2 aromatic rings. The molecule has 0 aromatic heterocycles. The zero-order chi connectivity index (χ0) is 23.1. The van der Waals surface area contributed by atoms with Gasteiger partial charge in [0.1, 0.15) is 5.82 Å². The van der Waals surface area contributed by atoms with Crippen LogP contribution in [0.3, 0.4) is 0 Å². The smallest absolute Gasteiger partial charge is 0.254 e. The van der Waals surface area contributed by atoms with Crippen LogP contribution in [0.25, 0.3) is 0 Å². The van der Waals surface area contributed by atoms with E-state index in [1.165, 1.54) is 36.4 Å². The van der Waals surface area contributed by atoms with Gasteiger partial charge < -0.3 is 10.2 Å². The van der Waals surface area contributed by atoms with Gasteiger partial charge in [-0.15, -0.1) is 0 Å². The zero-order valence-corrected chi connectivity index (χ0v) is 18.9. The molecule has 172 valence electrons. The number of hydrogen-bond acceptors (Lipinski definition) is 4. The van der Waals surface area contributed by atoms with Crippen LogP contribution in [0.4, 0.5) is 4.39 Å². The Balaban J connectivity index is 1.76. The van der Waals surface area contributed by atoms with Crippen LogP contribution in [0, 0.1) is 5.82 Å². The molecule has 0 aliphatic carbocycles. The minimum Gasteiger partial charge on any atom is -0.354 e. The number of benzene rings is 2. The lowest BCUT2D eigenvalue weighted by atomic mass is 10.1. The number of halogens is 1. The molecular formula is C23H28FN3O4S. The third kappa shape index (κ3) is 5.92. The summed E-state index contributed by atoms with van der Waals surface area (Å²) in [7, 11) is -3.82. The maximum atomic E-state index is 13.2. The van der Waals surface area contributed by atoms with Crippen molar-refractivity contribution in [3.63, 3.8) is 0 Å². The summed E-state index contributed by atoms with van der Waals surface area (Å²) in [5.41, 5.74) is 1.19. The molecule has 3 rings (SSSR count). The number of carbonyl (C=O) groups is 2. The first-order valence-corrected chi connectivity index (χ1v) is 12.2. The molecule has 1 fully saturated rings. The molecule has 0 radical (unpaired) electrons. The highest BCUT2D eigenvalue weighted by atomic mass is 32.2. The Hall–Kier alpha value is -2.78. The van der Waals surface area contributed by atoms with Crippen molar-refractivity contribution in [3.05, 3.63) is 65.5 Å². The number of piperazine rings is 1. The minimum atomic E-state index is -3.82. The van der Waals surface area contributed by atoms with E-state index in [0.29, 0.717) is 18.7 Å². The lowest BCUT2D eigenvalue weighted by molar-refractivity contribution is -0.122. The summed E-state index contributed by atoms with van der Waals surface area (Å²) in [6.07, 6.45) is 2.83. The molecule has 7 nitrogen and oxygen atoms in total.